The zero-order valence-corrected chi connectivity index (χ0v) is 13.4. The Morgan fingerprint density at radius 3 is 2.64 bits per heavy atom. The lowest BCUT2D eigenvalue weighted by Gasteiger charge is -2.10. The van der Waals surface area contributed by atoms with Gasteiger partial charge in [-0.2, -0.15) is 0 Å². The van der Waals surface area contributed by atoms with Gasteiger partial charge in [0.2, 0.25) is 0 Å². The second kappa shape index (κ2) is 9.86. The number of pyridine rings is 1. The van der Waals surface area contributed by atoms with E-state index in [-0.39, 0.29) is 17.5 Å². The van der Waals surface area contributed by atoms with E-state index in [0.717, 1.165) is 13.0 Å². The summed E-state index contributed by atoms with van der Waals surface area (Å²) in [5.41, 5.74) is 0.647. The Hall–Kier alpha value is -1.99. The van der Waals surface area contributed by atoms with Gasteiger partial charge in [-0.15, -0.1) is 0 Å². The number of amides is 2. The van der Waals surface area contributed by atoms with E-state index in [4.69, 9.17) is 4.74 Å². The number of nitrogens with zero attached hydrogens (tertiary/aromatic N) is 2. The molecule has 22 heavy (non-hydrogen) atoms. The second-order valence-electron chi connectivity index (χ2n) is 5.09. The lowest BCUT2D eigenvalue weighted by Crippen LogP contribution is -2.29. The highest BCUT2D eigenvalue weighted by Gasteiger charge is 2.11. The molecule has 0 aromatic carbocycles. The lowest BCUT2D eigenvalue weighted by atomic mass is 10.2. The van der Waals surface area contributed by atoms with Gasteiger partial charge in [-0.1, -0.05) is 0 Å². The number of rotatable bonds is 9. The van der Waals surface area contributed by atoms with Crippen LogP contribution in [0.3, 0.4) is 0 Å². The summed E-state index contributed by atoms with van der Waals surface area (Å²) in [6.45, 7) is 2.33. The summed E-state index contributed by atoms with van der Waals surface area (Å²) in [6, 6.07) is 3.06. The van der Waals surface area contributed by atoms with Crippen molar-refractivity contribution in [2.45, 2.75) is 6.42 Å². The van der Waals surface area contributed by atoms with Gasteiger partial charge in [0, 0.05) is 32.0 Å². The fraction of sp³-hybridized carbons (Fsp3) is 0.533. The number of hydrogen-bond donors (Lipinski definition) is 2. The molecule has 2 N–H and O–H groups in total. The van der Waals surface area contributed by atoms with E-state index < -0.39 is 0 Å². The smallest absolute Gasteiger partial charge is 0.269 e. The maximum atomic E-state index is 12.0. The van der Waals surface area contributed by atoms with Crippen LogP contribution in [-0.2, 0) is 4.74 Å². The molecular formula is C15H24N4O3. The lowest BCUT2D eigenvalue weighted by molar-refractivity contribution is 0.0937. The van der Waals surface area contributed by atoms with Gasteiger partial charge in [0.15, 0.2) is 0 Å². The Labute approximate surface area is 131 Å². The van der Waals surface area contributed by atoms with Crippen molar-refractivity contribution >= 4 is 11.8 Å². The molecule has 2 amide bonds. The van der Waals surface area contributed by atoms with Crippen LogP contribution in [0.1, 0.15) is 27.3 Å². The highest BCUT2D eigenvalue weighted by Crippen LogP contribution is 2.02. The van der Waals surface area contributed by atoms with Gasteiger partial charge in [0.1, 0.15) is 5.69 Å². The Kier molecular flexibility index (Phi) is 8.09. The number of aromatic nitrogens is 1. The molecule has 0 radical (unpaired) electrons. The first kappa shape index (κ1) is 18.1. The van der Waals surface area contributed by atoms with Crippen LogP contribution in [0.4, 0.5) is 0 Å². The number of methoxy groups -OCH3 is 1. The molecule has 0 saturated carbocycles. The molecule has 0 aliphatic carbocycles. The van der Waals surface area contributed by atoms with E-state index in [0.29, 0.717) is 25.3 Å². The molecule has 122 valence electrons. The average Bonchev–Trinajstić information content (AvgIpc) is 2.51. The van der Waals surface area contributed by atoms with Crippen molar-refractivity contribution in [2.24, 2.45) is 0 Å². The Balaban J connectivity index is 2.52. The summed E-state index contributed by atoms with van der Waals surface area (Å²) in [5, 5.41) is 5.49. The molecule has 7 heteroatoms. The van der Waals surface area contributed by atoms with Crippen molar-refractivity contribution in [2.75, 3.05) is 47.4 Å². The van der Waals surface area contributed by atoms with Gasteiger partial charge in [-0.25, -0.2) is 0 Å². The van der Waals surface area contributed by atoms with E-state index >= 15 is 0 Å². The molecule has 0 spiro atoms. The van der Waals surface area contributed by atoms with Gasteiger partial charge in [0.05, 0.1) is 6.61 Å². The maximum absolute atomic E-state index is 12.0. The molecule has 0 aliphatic heterocycles. The van der Waals surface area contributed by atoms with Crippen molar-refractivity contribution in [1.29, 1.82) is 0 Å². The van der Waals surface area contributed by atoms with Crippen LogP contribution in [0.25, 0.3) is 0 Å². The number of nitrogens with one attached hydrogen (secondary N) is 2. The zero-order valence-electron chi connectivity index (χ0n) is 13.4. The summed E-state index contributed by atoms with van der Waals surface area (Å²) in [4.78, 5) is 29.9. The molecular weight excluding hydrogens is 284 g/mol. The van der Waals surface area contributed by atoms with Crippen molar-refractivity contribution < 1.29 is 14.3 Å². The summed E-state index contributed by atoms with van der Waals surface area (Å²) in [5.74, 6) is -0.522. The molecule has 0 atom stereocenters. The Morgan fingerprint density at radius 1 is 1.23 bits per heavy atom. The molecule has 1 aromatic heterocycles. The number of carbonyl (C=O) groups is 2. The highest BCUT2D eigenvalue weighted by atomic mass is 16.5. The van der Waals surface area contributed by atoms with Gasteiger partial charge in [0.25, 0.3) is 11.8 Å². The number of carbonyl (C=O) groups excluding carboxylic acids is 2. The molecule has 0 fully saturated rings. The molecule has 1 rings (SSSR count). The van der Waals surface area contributed by atoms with Crippen molar-refractivity contribution in [3.8, 4) is 0 Å². The minimum absolute atomic E-state index is 0.240. The third-order valence-corrected chi connectivity index (χ3v) is 2.91. The first-order valence-electron chi connectivity index (χ1n) is 7.20. The topological polar surface area (TPSA) is 83.6 Å². The Bertz CT molecular complexity index is 491. The van der Waals surface area contributed by atoms with Crippen LogP contribution < -0.4 is 10.6 Å². The Morgan fingerprint density at radius 2 is 1.95 bits per heavy atom. The highest BCUT2D eigenvalue weighted by molar-refractivity contribution is 5.98. The van der Waals surface area contributed by atoms with E-state index in [1.807, 2.05) is 14.1 Å². The molecule has 0 saturated heterocycles. The molecule has 1 heterocycles. The SMILES string of the molecule is COCCNC(=O)c1ccnc(C(=O)NCCCN(C)C)c1. The third kappa shape index (κ3) is 6.64. The van der Waals surface area contributed by atoms with Gasteiger partial charge in [-0.3, -0.25) is 14.6 Å². The molecule has 7 nitrogen and oxygen atoms in total. The predicted octanol–water partition coefficient (Wildman–Crippen LogP) is 0.139. The summed E-state index contributed by atoms with van der Waals surface area (Å²) >= 11 is 0. The van der Waals surface area contributed by atoms with Gasteiger partial charge in [-0.05, 0) is 39.2 Å². The van der Waals surface area contributed by atoms with E-state index in [1.54, 1.807) is 13.2 Å². The predicted molar refractivity (Wildman–Crippen MR) is 84.0 cm³/mol. The van der Waals surface area contributed by atoms with Crippen LogP contribution >= 0.6 is 0 Å². The van der Waals surface area contributed by atoms with Crippen molar-refractivity contribution in [3.05, 3.63) is 29.6 Å². The molecule has 0 aliphatic rings. The minimum atomic E-state index is -0.273. The molecule has 1 aromatic rings. The summed E-state index contributed by atoms with van der Waals surface area (Å²) in [6.07, 6.45) is 2.32. The average molecular weight is 308 g/mol. The zero-order chi connectivity index (χ0) is 16.4. The van der Waals surface area contributed by atoms with Crippen LogP contribution in [0.5, 0.6) is 0 Å². The van der Waals surface area contributed by atoms with Crippen molar-refractivity contribution in [1.82, 2.24) is 20.5 Å². The van der Waals surface area contributed by atoms with E-state index in [2.05, 4.69) is 20.5 Å². The fourth-order valence-corrected chi connectivity index (χ4v) is 1.75. The number of ether oxygens (including phenoxy) is 1. The van der Waals surface area contributed by atoms with Crippen LogP contribution in [0, 0.1) is 0 Å². The number of hydrogen-bond acceptors (Lipinski definition) is 5. The summed E-state index contributed by atoms with van der Waals surface area (Å²) < 4.78 is 4.87. The van der Waals surface area contributed by atoms with Crippen LogP contribution in [0.2, 0.25) is 0 Å². The first-order valence-corrected chi connectivity index (χ1v) is 7.20. The first-order chi connectivity index (χ1) is 10.5. The monoisotopic (exact) mass is 308 g/mol. The normalized spacial score (nSPS) is 10.5. The minimum Gasteiger partial charge on any atom is -0.383 e. The standard InChI is InChI=1S/C15H24N4O3/c1-19(2)9-4-6-17-15(21)13-11-12(5-7-16-13)14(20)18-8-10-22-3/h5,7,11H,4,6,8-10H2,1-3H3,(H,17,21)(H,18,20). The molecule has 0 bridgehead atoms. The van der Waals surface area contributed by atoms with Gasteiger partial charge >= 0.3 is 0 Å². The largest absolute Gasteiger partial charge is 0.383 e. The fourth-order valence-electron chi connectivity index (χ4n) is 1.75. The molecule has 0 unspecified atom stereocenters. The second-order valence-corrected chi connectivity index (χ2v) is 5.09. The van der Waals surface area contributed by atoms with Crippen LogP contribution in [0.15, 0.2) is 18.3 Å². The maximum Gasteiger partial charge on any atom is 0.269 e. The van der Waals surface area contributed by atoms with Gasteiger partial charge < -0.3 is 20.3 Å². The van der Waals surface area contributed by atoms with E-state index in [1.165, 1.54) is 12.3 Å². The van der Waals surface area contributed by atoms with Crippen molar-refractivity contribution in [3.63, 3.8) is 0 Å². The summed E-state index contributed by atoms with van der Waals surface area (Å²) in [7, 11) is 5.53. The van der Waals surface area contributed by atoms with Crippen LogP contribution in [-0.4, -0.2) is 69.1 Å². The van der Waals surface area contributed by atoms with E-state index in [9.17, 15) is 9.59 Å². The third-order valence-electron chi connectivity index (χ3n) is 2.91. The quantitative estimate of drug-likeness (QED) is 0.634.